The molecule has 0 spiro atoms. The van der Waals surface area contributed by atoms with Crippen LogP contribution in [0, 0.1) is 0 Å². The van der Waals surface area contributed by atoms with E-state index in [2.05, 4.69) is 0 Å². The Morgan fingerprint density at radius 3 is 2.69 bits per heavy atom. The summed E-state index contributed by atoms with van der Waals surface area (Å²) in [6.45, 7) is 0. The fourth-order valence-electron chi connectivity index (χ4n) is 2.22. The van der Waals surface area contributed by atoms with Crippen LogP contribution >= 0.6 is 0 Å². The maximum Gasteiger partial charge on any atom is 0.310 e. The monoisotopic (exact) mass is 240 g/mol. The van der Waals surface area contributed by atoms with Crippen molar-refractivity contribution in [3.8, 4) is 0 Å². The lowest BCUT2D eigenvalue weighted by Crippen LogP contribution is -2.08. The van der Waals surface area contributed by atoms with Crippen molar-refractivity contribution in [1.29, 1.82) is 0 Å². The molecule has 1 aromatic carbocycles. The Morgan fingerprint density at radius 2 is 2.12 bits per heavy atom. The van der Waals surface area contributed by atoms with Crippen molar-refractivity contribution < 1.29 is 18.3 Å². The first-order chi connectivity index (χ1) is 7.41. The van der Waals surface area contributed by atoms with Crippen molar-refractivity contribution in [3.63, 3.8) is 0 Å². The van der Waals surface area contributed by atoms with Gasteiger partial charge in [-0.25, -0.2) is 8.42 Å². The molecule has 16 heavy (non-hydrogen) atoms. The lowest BCUT2D eigenvalue weighted by Gasteiger charge is -2.08. The van der Waals surface area contributed by atoms with Crippen LogP contribution in [0.4, 0.5) is 0 Å². The second kappa shape index (κ2) is 3.59. The summed E-state index contributed by atoms with van der Waals surface area (Å²) >= 11 is 0. The molecule has 0 aromatic heterocycles. The Labute approximate surface area is 93.8 Å². The Balaban J connectivity index is 2.61. The van der Waals surface area contributed by atoms with E-state index in [1.807, 2.05) is 0 Å². The summed E-state index contributed by atoms with van der Waals surface area (Å²) in [5, 5.41) is 9.00. The van der Waals surface area contributed by atoms with Gasteiger partial charge < -0.3 is 5.11 Å². The topological polar surface area (TPSA) is 71.4 Å². The molecule has 0 heterocycles. The molecule has 0 aliphatic heterocycles. The van der Waals surface area contributed by atoms with Crippen LogP contribution in [0.2, 0.25) is 0 Å². The largest absolute Gasteiger partial charge is 0.481 e. The molecule has 0 saturated heterocycles. The predicted octanol–water partition coefficient (Wildman–Crippen LogP) is 1.20. The van der Waals surface area contributed by atoms with Gasteiger partial charge in [0.15, 0.2) is 9.84 Å². The van der Waals surface area contributed by atoms with Gasteiger partial charge in [-0.3, -0.25) is 4.79 Å². The van der Waals surface area contributed by atoms with Gasteiger partial charge in [0.1, 0.15) is 0 Å². The molecule has 1 aliphatic rings. The Hall–Kier alpha value is -1.36. The number of carboxylic acid groups (broad SMARTS) is 1. The van der Waals surface area contributed by atoms with Crippen LogP contribution in [0.3, 0.4) is 0 Å². The standard InChI is InChI=1S/C11H12O4S/c1-16(14,15)10-4-2-3-7-8(10)5-6-9(7)11(12)13/h2-4,9H,5-6H2,1H3,(H,12,13). The summed E-state index contributed by atoms with van der Waals surface area (Å²) in [4.78, 5) is 11.2. The quantitative estimate of drug-likeness (QED) is 0.843. The third-order valence-corrected chi connectivity index (χ3v) is 4.11. The van der Waals surface area contributed by atoms with E-state index in [1.54, 1.807) is 18.2 Å². The van der Waals surface area contributed by atoms with Crippen molar-refractivity contribution in [3.05, 3.63) is 29.3 Å². The summed E-state index contributed by atoms with van der Waals surface area (Å²) in [6.07, 6.45) is 2.16. The van der Waals surface area contributed by atoms with E-state index in [9.17, 15) is 13.2 Å². The van der Waals surface area contributed by atoms with Crippen LogP contribution in [0.5, 0.6) is 0 Å². The van der Waals surface area contributed by atoms with Gasteiger partial charge in [-0.1, -0.05) is 12.1 Å². The smallest absolute Gasteiger partial charge is 0.310 e. The summed E-state index contributed by atoms with van der Waals surface area (Å²) in [5.74, 6) is -1.44. The fourth-order valence-corrected chi connectivity index (χ4v) is 3.22. The molecule has 0 amide bonds. The van der Waals surface area contributed by atoms with Crippen molar-refractivity contribution in [1.82, 2.24) is 0 Å². The minimum Gasteiger partial charge on any atom is -0.481 e. The van der Waals surface area contributed by atoms with Gasteiger partial charge in [0, 0.05) is 6.26 Å². The lowest BCUT2D eigenvalue weighted by atomic mass is 10.0. The fraction of sp³-hybridized carbons (Fsp3) is 0.364. The number of carboxylic acids is 1. The molecular formula is C11H12O4S. The van der Waals surface area contributed by atoms with Gasteiger partial charge in [-0.2, -0.15) is 0 Å². The van der Waals surface area contributed by atoms with Crippen molar-refractivity contribution in [2.75, 3.05) is 6.26 Å². The summed E-state index contributed by atoms with van der Waals surface area (Å²) in [7, 11) is -3.27. The maximum atomic E-state index is 11.5. The second-order valence-corrected chi connectivity index (χ2v) is 6.01. The van der Waals surface area contributed by atoms with E-state index in [0.717, 1.165) is 6.26 Å². The summed E-state index contributed by atoms with van der Waals surface area (Å²) in [6, 6.07) is 4.85. The molecule has 1 unspecified atom stereocenters. The minimum atomic E-state index is -3.27. The Morgan fingerprint density at radius 1 is 1.44 bits per heavy atom. The number of aliphatic carboxylic acids is 1. The molecule has 0 fully saturated rings. The second-order valence-electron chi connectivity index (χ2n) is 4.03. The zero-order chi connectivity index (χ0) is 11.9. The molecule has 5 heteroatoms. The third kappa shape index (κ3) is 1.71. The van der Waals surface area contributed by atoms with Crippen LogP contribution in [-0.4, -0.2) is 25.7 Å². The van der Waals surface area contributed by atoms with Crippen LogP contribution in [0.1, 0.15) is 23.5 Å². The summed E-state index contributed by atoms with van der Waals surface area (Å²) < 4.78 is 23.0. The minimum absolute atomic E-state index is 0.272. The number of fused-ring (bicyclic) bond motifs is 1. The van der Waals surface area contributed by atoms with Gasteiger partial charge >= 0.3 is 5.97 Å². The van der Waals surface area contributed by atoms with Crippen LogP contribution in [-0.2, 0) is 21.1 Å². The van der Waals surface area contributed by atoms with E-state index in [4.69, 9.17) is 5.11 Å². The number of hydrogen-bond donors (Lipinski definition) is 1. The van der Waals surface area contributed by atoms with Crippen molar-refractivity contribution in [2.45, 2.75) is 23.7 Å². The normalized spacial score (nSPS) is 19.4. The average molecular weight is 240 g/mol. The first-order valence-electron chi connectivity index (χ1n) is 4.96. The molecular weight excluding hydrogens is 228 g/mol. The number of sulfone groups is 1. The zero-order valence-electron chi connectivity index (χ0n) is 8.80. The molecule has 1 N–H and O–H groups in total. The van der Waals surface area contributed by atoms with Crippen LogP contribution in [0.15, 0.2) is 23.1 Å². The maximum absolute atomic E-state index is 11.5. The molecule has 86 valence electrons. The molecule has 1 atom stereocenters. The highest BCUT2D eigenvalue weighted by Gasteiger charge is 2.31. The van der Waals surface area contributed by atoms with E-state index in [-0.39, 0.29) is 4.90 Å². The Bertz CT molecular complexity index is 545. The van der Waals surface area contributed by atoms with Gasteiger partial charge in [0.25, 0.3) is 0 Å². The third-order valence-electron chi connectivity index (χ3n) is 2.93. The van der Waals surface area contributed by atoms with Crippen LogP contribution in [0.25, 0.3) is 0 Å². The highest BCUT2D eigenvalue weighted by atomic mass is 32.2. The predicted molar refractivity (Wildman–Crippen MR) is 58.2 cm³/mol. The van der Waals surface area contributed by atoms with E-state index in [0.29, 0.717) is 24.0 Å². The van der Waals surface area contributed by atoms with E-state index >= 15 is 0 Å². The number of carbonyl (C=O) groups is 1. The zero-order valence-corrected chi connectivity index (χ0v) is 9.62. The van der Waals surface area contributed by atoms with Gasteiger partial charge in [0.05, 0.1) is 10.8 Å². The first kappa shape index (κ1) is 11.1. The molecule has 2 rings (SSSR count). The lowest BCUT2D eigenvalue weighted by molar-refractivity contribution is -0.138. The number of rotatable bonds is 2. The summed E-state index contributed by atoms with van der Waals surface area (Å²) in [5.41, 5.74) is 1.33. The molecule has 4 nitrogen and oxygen atoms in total. The highest BCUT2D eigenvalue weighted by molar-refractivity contribution is 7.90. The van der Waals surface area contributed by atoms with Gasteiger partial charge in [0.2, 0.25) is 0 Å². The van der Waals surface area contributed by atoms with Crippen LogP contribution < -0.4 is 0 Å². The first-order valence-corrected chi connectivity index (χ1v) is 6.85. The van der Waals surface area contributed by atoms with Gasteiger partial charge in [-0.05, 0) is 30.0 Å². The Kier molecular flexibility index (Phi) is 2.50. The SMILES string of the molecule is CS(=O)(=O)c1cccc2c1CCC2C(=O)O. The molecule has 0 saturated carbocycles. The number of hydrogen-bond acceptors (Lipinski definition) is 3. The van der Waals surface area contributed by atoms with E-state index in [1.165, 1.54) is 0 Å². The van der Waals surface area contributed by atoms with Gasteiger partial charge in [-0.15, -0.1) is 0 Å². The molecule has 1 aliphatic carbocycles. The number of benzene rings is 1. The molecule has 0 bridgehead atoms. The van der Waals surface area contributed by atoms with E-state index < -0.39 is 21.7 Å². The highest BCUT2D eigenvalue weighted by Crippen LogP contribution is 2.36. The van der Waals surface area contributed by atoms with Crippen molar-refractivity contribution >= 4 is 15.8 Å². The van der Waals surface area contributed by atoms with Crippen molar-refractivity contribution in [2.24, 2.45) is 0 Å². The molecule has 1 aromatic rings. The molecule has 0 radical (unpaired) electrons. The average Bonchev–Trinajstić information content (AvgIpc) is 2.58.